The van der Waals surface area contributed by atoms with E-state index in [1.54, 1.807) is 23.3 Å². The van der Waals surface area contributed by atoms with Gasteiger partial charge in [0.15, 0.2) is 0 Å². The van der Waals surface area contributed by atoms with Crippen molar-refractivity contribution in [3.8, 4) is 5.19 Å². The van der Waals surface area contributed by atoms with E-state index in [1.807, 2.05) is 0 Å². The van der Waals surface area contributed by atoms with Gasteiger partial charge in [-0.05, 0) is 31.0 Å². The number of likely N-dealkylation sites (tertiary alicyclic amines) is 1. The van der Waals surface area contributed by atoms with Crippen LogP contribution in [0.5, 0.6) is 5.19 Å². The summed E-state index contributed by atoms with van der Waals surface area (Å²) < 4.78 is 8.48. The highest BCUT2D eigenvalue weighted by Crippen LogP contribution is 2.33. The smallest absolute Gasteiger partial charge is 0.274 e. The number of nitrogens with zero attached hydrogens (tertiary/aromatic N) is 4. The van der Waals surface area contributed by atoms with Crippen molar-refractivity contribution in [1.82, 2.24) is 19.7 Å². The van der Waals surface area contributed by atoms with Crippen molar-refractivity contribution in [2.45, 2.75) is 32.8 Å². The van der Waals surface area contributed by atoms with Gasteiger partial charge in [0.2, 0.25) is 0 Å². The van der Waals surface area contributed by atoms with Gasteiger partial charge in [0.25, 0.3) is 16.7 Å². The zero-order chi connectivity index (χ0) is 19.8. The number of carbonyl (C=O) groups is 1. The Balaban J connectivity index is 1.41. The minimum absolute atomic E-state index is 0.0401. The van der Waals surface area contributed by atoms with Crippen LogP contribution in [0.3, 0.4) is 0 Å². The van der Waals surface area contributed by atoms with Crippen molar-refractivity contribution >= 4 is 27.5 Å². The molecule has 1 saturated heterocycles. The predicted octanol–water partition coefficient (Wildman–Crippen LogP) is 2.69. The van der Waals surface area contributed by atoms with Crippen LogP contribution in [0.25, 0.3) is 10.2 Å². The van der Waals surface area contributed by atoms with Crippen LogP contribution in [-0.2, 0) is 7.05 Å². The summed E-state index contributed by atoms with van der Waals surface area (Å²) in [6, 6.07) is 7.04. The van der Waals surface area contributed by atoms with Crippen molar-refractivity contribution < 1.29 is 9.53 Å². The number of hydrogen-bond donors (Lipinski definition) is 0. The molecule has 0 atom stereocenters. The van der Waals surface area contributed by atoms with Gasteiger partial charge in [-0.2, -0.15) is 5.10 Å². The number of ether oxygens (including phenoxy) is 1. The van der Waals surface area contributed by atoms with Crippen LogP contribution in [0, 0.1) is 13.8 Å². The van der Waals surface area contributed by atoms with Gasteiger partial charge < -0.3 is 9.64 Å². The van der Waals surface area contributed by atoms with Crippen LogP contribution >= 0.6 is 11.3 Å². The van der Waals surface area contributed by atoms with E-state index in [-0.39, 0.29) is 17.6 Å². The normalized spacial score (nSPS) is 15.2. The Morgan fingerprint density at radius 3 is 2.54 bits per heavy atom. The van der Waals surface area contributed by atoms with Crippen molar-refractivity contribution in [3.63, 3.8) is 0 Å². The fraction of sp³-hybridized carbons (Fsp3) is 0.400. The fourth-order valence-corrected chi connectivity index (χ4v) is 4.42. The lowest BCUT2D eigenvalue weighted by Crippen LogP contribution is -2.42. The molecule has 4 rings (SSSR count). The van der Waals surface area contributed by atoms with Crippen LogP contribution in [0.4, 0.5) is 0 Å². The molecule has 0 aliphatic carbocycles. The molecule has 1 aromatic carbocycles. The lowest BCUT2D eigenvalue weighted by Gasteiger charge is -2.31. The lowest BCUT2D eigenvalue weighted by atomic mass is 10.1. The number of benzene rings is 1. The Labute approximate surface area is 166 Å². The molecule has 1 aliphatic heterocycles. The molecule has 1 fully saturated rings. The number of thiazole rings is 1. The van der Waals surface area contributed by atoms with E-state index in [9.17, 15) is 9.59 Å². The Kier molecular flexibility index (Phi) is 4.89. The summed E-state index contributed by atoms with van der Waals surface area (Å²) in [5.74, 6) is -0.153. The summed E-state index contributed by atoms with van der Waals surface area (Å²) in [6.07, 6.45) is 1.52. The van der Waals surface area contributed by atoms with E-state index in [0.29, 0.717) is 24.0 Å². The molecule has 0 radical (unpaired) electrons. The second kappa shape index (κ2) is 7.35. The largest absolute Gasteiger partial charge is 0.467 e. The van der Waals surface area contributed by atoms with Crippen molar-refractivity contribution in [3.05, 3.63) is 51.4 Å². The number of rotatable bonds is 3. The third-order valence-electron chi connectivity index (χ3n) is 5.10. The molecule has 0 unspecified atom stereocenters. The Morgan fingerprint density at radius 2 is 1.86 bits per heavy atom. The Bertz CT molecular complexity index is 1060. The van der Waals surface area contributed by atoms with Gasteiger partial charge in [-0.25, -0.2) is 9.67 Å². The maximum absolute atomic E-state index is 12.6. The number of hydrogen-bond acceptors (Lipinski definition) is 6. The van der Waals surface area contributed by atoms with Gasteiger partial charge in [0.1, 0.15) is 11.8 Å². The number of carbonyl (C=O) groups excluding carboxylic acids is 1. The monoisotopic (exact) mass is 398 g/mol. The third kappa shape index (κ3) is 3.52. The molecular formula is C20H22N4O3S. The van der Waals surface area contributed by atoms with Crippen LogP contribution in [0.2, 0.25) is 0 Å². The zero-order valence-electron chi connectivity index (χ0n) is 16.1. The topological polar surface area (TPSA) is 77.3 Å². The molecule has 3 heterocycles. The molecule has 0 N–H and O–H groups in total. The second-order valence-corrected chi connectivity index (χ2v) is 8.11. The van der Waals surface area contributed by atoms with Crippen LogP contribution < -0.4 is 10.3 Å². The first kappa shape index (κ1) is 18.6. The van der Waals surface area contributed by atoms with Crippen LogP contribution in [-0.4, -0.2) is 44.8 Å². The minimum Gasteiger partial charge on any atom is -0.467 e. The van der Waals surface area contributed by atoms with Crippen LogP contribution in [0.15, 0.2) is 29.1 Å². The third-order valence-corrected chi connectivity index (χ3v) is 6.18. The summed E-state index contributed by atoms with van der Waals surface area (Å²) in [4.78, 5) is 30.5. The van der Waals surface area contributed by atoms with E-state index >= 15 is 0 Å². The molecule has 8 heteroatoms. The molecule has 2 aromatic heterocycles. The van der Waals surface area contributed by atoms with E-state index in [0.717, 1.165) is 23.9 Å². The molecule has 28 heavy (non-hydrogen) atoms. The van der Waals surface area contributed by atoms with Gasteiger partial charge in [-0.15, -0.1) is 0 Å². The van der Waals surface area contributed by atoms with E-state index in [1.165, 1.54) is 27.1 Å². The predicted molar refractivity (Wildman–Crippen MR) is 108 cm³/mol. The van der Waals surface area contributed by atoms with Gasteiger partial charge in [-0.1, -0.05) is 23.5 Å². The summed E-state index contributed by atoms with van der Waals surface area (Å²) in [5.41, 5.74) is 3.42. The summed E-state index contributed by atoms with van der Waals surface area (Å²) in [5, 5.41) is 4.74. The maximum Gasteiger partial charge on any atom is 0.274 e. The minimum atomic E-state index is -0.232. The van der Waals surface area contributed by atoms with E-state index < -0.39 is 0 Å². The van der Waals surface area contributed by atoms with Crippen molar-refractivity contribution in [1.29, 1.82) is 0 Å². The van der Waals surface area contributed by atoms with Gasteiger partial charge in [0, 0.05) is 39.0 Å². The Morgan fingerprint density at radius 1 is 1.14 bits per heavy atom. The maximum atomic E-state index is 12.6. The highest BCUT2D eigenvalue weighted by Gasteiger charge is 2.26. The van der Waals surface area contributed by atoms with Crippen molar-refractivity contribution in [2.24, 2.45) is 7.05 Å². The van der Waals surface area contributed by atoms with Gasteiger partial charge in [-0.3, -0.25) is 9.59 Å². The summed E-state index contributed by atoms with van der Waals surface area (Å²) in [6.45, 7) is 5.33. The fourth-order valence-electron chi connectivity index (χ4n) is 3.39. The summed E-state index contributed by atoms with van der Waals surface area (Å²) in [7, 11) is 1.54. The summed E-state index contributed by atoms with van der Waals surface area (Å²) >= 11 is 1.58. The van der Waals surface area contributed by atoms with E-state index in [4.69, 9.17) is 4.74 Å². The molecule has 1 aliphatic rings. The number of fused-ring (bicyclic) bond motifs is 1. The number of aryl methyl sites for hydroxylation is 3. The highest BCUT2D eigenvalue weighted by atomic mass is 32.1. The first-order chi connectivity index (χ1) is 13.4. The molecule has 0 spiro atoms. The molecule has 0 bridgehead atoms. The molecule has 0 saturated carbocycles. The van der Waals surface area contributed by atoms with Gasteiger partial charge in [0.05, 0.1) is 10.2 Å². The number of aromatic nitrogens is 3. The number of piperidine rings is 1. The molecule has 7 nitrogen and oxygen atoms in total. The van der Waals surface area contributed by atoms with E-state index in [2.05, 4.69) is 36.1 Å². The first-order valence-electron chi connectivity index (χ1n) is 9.29. The zero-order valence-corrected chi connectivity index (χ0v) is 17.0. The molecule has 3 aromatic rings. The number of amides is 1. The standard InChI is InChI=1S/C20H22N4O3S/c1-12-4-5-13(2)18-17(12)21-20(28-18)27-14-8-10-24(11-9-14)19(26)15-6-7-16(25)23(3)22-15/h4-7,14H,8-11H2,1-3H3. The van der Waals surface area contributed by atoms with Crippen molar-refractivity contribution in [2.75, 3.05) is 13.1 Å². The quantitative estimate of drug-likeness (QED) is 0.678. The van der Waals surface area contributed by atoms with Gasteiger partial charge >= 0.3 is 0 Å². The SMILES string of the molecule is Cc1ccc(C)c2sc(OC3CCN(C(=O)c4ccc(=O)n(C)n4)CC3)nc12. The molecule has 1 amide bonds. The Hall–Kier alpha value is -2.74. The highest BCUT2D eigenvalue weighted by molar-refractivity contribution is 7.20. The van der Waals surface area contributed by atoms with Crippen LogP contribution in [0.1, 0.15) is 34.5 Å². The lowest BCUT2D eigenvalue weighted by molar-refractivity contribution is 0.0588. The average Bonchev–Trinajstić information content (AvgIpc) is 3.12. The molecule has 146 valence electrons. The average molecular weight is 398 g/mol. The first-order valence-corrected chi connectivity index (χ1v) is 10.1. The molecular weight excluding hydrogens is 376 g/mol. The second-order valence-electron chi connectivity index (χ2n) is 7.15.